The summed E-state index contributed by atoms with van der Waals surface area (Å²) < 4.78 is 20.6. The maximum atomic E-state index is 14.0. The second kappa shape index (κ2) is 3.25. The highest BCUT2D eigenvalue weighted by atomic mass is 32.1. The highest BCUT2D eigenvalue weighted by Gasteiger charge is 2.60. The van der Waals surface area contributed by atoms with Gasteiger partial charge in [-0.15, -0.1) is 11.3 Å². The fourth-order valence-corrected chi connectivity index (χ4v) is 3.57. The third-order valence-corrected chi connectivity index (χ3v) is 4.91. The van der Waals surface area contributed by atoms with E-state index < -0.39 is 11.7 Å². The molecule has 1 aliphatic heterocycles. The lowest BCUT2D eigenvalue weighted by atomic mass is 9.84. The van der Waals surface area contributed by atoms with Gasteiger partial charge in [0.1, 0.15) is 5.60 Å². The van der Waals surface area contributed by atoms with Gasteiger partial charge < -0.3 is 9.84 Å². The first-order valence-electron chi connectivity index (χ1n) is 5.91. The van der Waals surface area contributed by atoms with Crippen LogP contribution in [-0.2, 0) is 6.42 Å². The molecule has 3 nitrogen and oxygen atoms in total. The second-order valence-electron chi connectivity index (χ2n) is 4.92. The summed E-state index contributed by atoms with van der Waals surface area (Å²) in [5.74, 6) is -0.0632. The molecule has 0 bridgehead atoms. The van der Waals surface area contributed by atoms with Gasteiger partial charge in [0.25, 0.3) is 0 Å². The Labute approximate surface area is 108 Å². The Morgan fingerprint density at radius 1 is 1.67 bits per heavy atom. The third kappa shape index (κ3) is 1.25. The lowest BCUT2D eigenvalue weighted by Crippen LogP contribution is -2.19. The van der Waals surface area contributed by atoms with Crippen LogP contribution in [0.25, 0.3) is 10.2 Å². The van der Waals surface area contributed by atoms with E-state index in [0.29, 0.717) is 24.1 Å². The molecule has 2 heterocycles. The third-order valence-electron chi connectivity index (χ3n) is 3.71. The average Bonchev–Trinajstić information content (AvgIpc) is 2.74. The van der Waals surface area contributed by atoms with Crippen molar-refractivity contribution in [2.45, 2.75) is 31.4 Å². The zero-order valence-electron chi connectivity index (χ0n) is 9.74. The predicted molar refractivity (Wildman–Crippen MR) is 68.5 cm³/mol. The number of hydrogen-bond donors (Lipinski definition) is 1. The predicted octanol–water partition coefficient (Wildman–Crippen LogP) is 1.25. The van der Waals surface area contributed by atoms with Gasteiger partial charge in [0.05, 0.1) is 16.3 Å². The minimum absolute atomic E-state index is 0.311. The van der Waals surface area contributed by atoms with E-state index in [1.807, 2.05) is 14.1 Å². The minimum atomic E-state index is -0.558. The van der Waals surface area contributed by atoms with Crippen molar-refractivity contribution >= 4 is 33.7 Å². The van der Waals surface area contributed by atoms with Crippen molar-refractivity contribution in [2.24, 2.45) is 0 Å². The summed E-state index contributed by atoms with van der Waals surface area (Å²) in [6.07, 6.45) is 0.710. The minimum Gasteiger partial charge on any atom is -0.481 e. The molecule has 1 saturated carbocycles. The summed E-state index contributed by atoms with van der Waals surface area (Å²) >= 11 is 1.55. The van der Waals surface area contributed by atoms with Crippen molar-refractivity contribution in [1.82, 2.24) is 4.98 Å². The highest BCUT2D eigenvalue weighted by Crippen LogP contribution is 2.52. The molecule has 91 valence electrons. The van der Waals surface area contributed by atoms with E-state index in [1.54, 1.807) is 11.3 Å². The van der Waals surface area contributed by atoms with Gasteiger partial charge in [-0.3, -0.25) is 4.98 Å². The summed E-state index contributed by atoms with van der Waals surface area (Å²) in [4.78, 5) is 5.25. The standard InChI is InChI=1S/C12H10BFNO2S/c1-13-11-15-7-2-6(14)9-5(10(7)18-11)3-12(17-9)4-8(12)16/h2,8,16H,3-4H2,1H3/t8?,12-/m0/s1. The van der Waals surface area contributed by atoms with Gasteiger partial charge in [-0.25, -0.2) is 4.39 Å². The van der Waals surface area contributed by atoms with Crippen molar-refractivity contribution in [3.8, 4) is 5.75 Å². The Hall–Kier alpha value is -1.14. The molecule has 2 aromatic rings. The number of aromatic nitrogens is 1. The van der Waals surface area contributed by atoms with E-state index in [0.717, 1.165) is 15.2 Å². The largest absolute Gasteiger partial charge is 0.481 e. The van der Waals surface area contributed by atoms with E-state index in [2.05, 4.69) is 4.98 Å². The molecular weight excluding hydrogens is 252 g/mol. The highest BCUT2D eigenvalue weighted by molar-refractivity contribution is 7.26. The number of aliphatic hydroxyl groups is 1. The molecule has 1 radical (unpaired) electrons. The molecule has 1 unspecified atom stereocenters. The molecule has 1 aliphatic carbocycles. The van der Waals surface area contributed by atoms with Crippen molar-refractivity contribution in [1.29, 1.82) is 0 Å². The number of rotatable bonds is 1. The van der Waals surface area contributed by atoms with Crippen LogP contribution in [0.3, 0.4) is 0 Å². The smallest absolute Gasteiger partial charge is 0.188 e. The van der Waals surface area contributed by atoms with Crippen LogP contribution in [0.1, 0.15) is 12.0 Å². The molecule has 1 fully saturated rings. The van der Waals surface area contributed by atoms with Gasteiger partial charge >= 0.3 is 0 Å². The van der Waals surface area contributed by atoms with Crippen LogP contribution in [-0.4, -0.2) is 29.1 Å². The fourth-order valence-electron chi connectivity index (χ4n) is 2.60. The zero-order chi connectivity index (χ0) is 12.5. The molecule has 1 spiro atoms. The zero-order valence-corrected chi connectivity index (χ0v) is 10.6. The molecule has 1 aromatic carbocycles. The van der Waals surface area contributed by atoms with E-state index >= 15 is 0 Å². The first kappa shape index (κ1) is 10.8. The van der Waals surface area contributed by atoms with Crippen LogP contribution in [0, 0.1) is 5.82 Å². The Bertz CT molecular complexity index is 674. The Morgan fingerprint density at radius 3 is 3.11 bits per heavy atom. The molecular formula is C12H10BFNO2S. The summed E-state index contributed by atoms with van der Waals surface area (Å²) in [6, 6.07) is 1.42. The second-order valence-corrected chi connectivity index (χ2v) is 5.95. The molecule has 4 rings (SSSR count). The maximum absolute atomic E-state index is 14.0. The maximum Gasteiger partial charge on any atom is 0.188 e. The quantitative estimate of drug-likeness (QED) is 0.786. The molecule has 0 saturated heterocycles. The summed E-state index contributed by atoms with van der Waals surface area (Å²) in [5, 5.41) is 9.64. The van der Waals surface area contributed by atoms with E-state index in [1.165, 1.54) is 6.07 Å². The Morgan fingerprint density at radius 2 is 2.44 bits per heavy atom. The van der Waals surface area contributed by atoms with Crippen molar-refractivity contribution in [2.75, 3.05) is 0 Å². The summed E-state index contributed by atoms with van der Waals surface area (Å²) in [5.41, 5.74) is 0.990. The van der Waals surface area contributed by atoms with Crippen molar-refractivity contribution < 1.29 is 14.2 Å². The van der Waals surface area contributed by atoms with Crippen LogP contribution in [0.5, 0.6) is 5.75 Å². The molecule has 2 atom stereocenters. The molecule has 1 N–H and O–H groups in total. The molecule has 6 heteroatoms. The number of thiazole rings is 1. The Balaban J connectivity index is 1.94. The Kier molecular flexibility index (Phi) is 1.94. The van der Waals surface area contributed by atoms with E-state index in [9.17, 15) is 9.50 Å². The van der Waals surface area contributed by atoms with Gasteiger partial charge in [-0.1, -0.05) is 6.82 Å². The number of halogens is 1. The number of nitrogens with zero attached hydrogens (tertiary/aromatic N) is 1. The van der Waals surface area contributed by atoms with Gasteiger partial charge in [0.15, 0.2) is 18.8 Å². The SMILES string of the molecule is C[B]c1nc2cc(F)c3c(c2s1)C[C@@]1(CC1O)O3. The number of fused-ring (bicyclic) bond motifs is 3. The van der Waals surface area contributed by atoms with Crippen LogP contribution < -0.4 is 9.64 Å². The van der Waals surface area contributed by atoms with Crippen LogP contribution in [0.4, 0.5) is 4.39 Å². The lowest BCUT2D eigenvalue weighted by molar-refractivity contribution is 0.125. The first-order chi connectivity index (χ1) is 8.63. The molecule has 18 heavy (non-hydrogen) atoms. The van der Waals surface area contributed by atoms with Crippen molar-refractivity contribution in [3.63, 3.8) is 0 Å². The number of hydrogen-bond acceptors (Lipinski definition) is 4. The number of aliphatic hydroxyl groups excluding tert-OH is 1. The summed E-state index contributed by atoms with van der Waals surface area (Å²) in [6.45, 7) is 1.91. The normalized spacial score (nSPS) is 28.5. The van der Waals surface area contributed by atoms with Gasteiger partial charge in [-0.05, 0) is 0 Å². The first-order valence-corrected chi connectivity index (χ1v) is 6.73. The van der Waals surface area contributed by atoms with E-state index in [-0.39, 0.29) is 5.82 Å². The molecule has 2 aliphatic rings. The van der Waals surface area contributed by atoms with Gasteiger partial charge in [-0.2, -0.15) is 0 Å². The molecule has 0 amide bonds. The summed E-state index contributed by atoms with van der Waals surface area (Å²) in [7, 11) is 1.91. The number of ether oxygens (including phenoxy) is 1. The van der Waals surface area contributed by atoms with Crippen molar-refractivity contribution in [3.05, 3.63) is 17.4 Å². The van der Waals surface area contributed by atoms with Crippen LogP contribution in [0.15, 0.2) is 6.07 Å². The monoisotopic (exact) mass is 262 g/mol. The molecule has 1 aromatic heterocycles. The number of benzene rings is 1. The average molecular weight is 262 g/mol. The topological polar surface area (TPSA) is 42.4 Å². The van der Waals surface area contributed by atoms with Crippen LogP contribution in [0.2, 0.25) is 6.82 Å². The van der Waals surface area contributed by atoms with E-state index in [4.69, 9.17) is 4.74 Å². The van der Waals surface area contributed by atoms with Gasteiger partial charge in [0.2, 0.25) is 0 Å². The van der Waals surface area contributed by atoms with Crippen LogP contribution >= 0.6 is 11.3 Å². The van der Waals surface area contributed by atoms with Gasteiger partial charge in [0, 0.05) is 29.4 Å². The lowest BCUT2D eigenvalue weighted by Gasteiger charge is -2.07. The fraction of sp³-hybridized carbons (Fsp3) is 0.417.